The minimum absolute atomic E-state index is 0.148. The van der Waals surface area contributed by atoms with E-state index in [0.29, 0.717) is 10.8 Å². The molecule has 126 valence electrons. The van der Waals surface area contributed by atoms with Gasteiger partial charge in [-0.2, -0.15) is 0 Å². The lowest BCUT2D eigenvalue weighted by Crippen LogP contribution is -2.44. The van der Waals surface area contributed by atoms with Crippen molar-refractivity contribution in [3.8, 4) is 5.75 Å². The molecule has 0 unspecified atom stereocenters. The molecule has 0 saturated heterocycles. The molecule has 0 aromatic heterocycles. The number of benzene rings is 2. The highest BCUT2D eigenvalue weighted by Gasteiger charge is 2.07. The Morgan fingerprint density at radius 3 is 2.17 bits per heavy atom. The molecular formula is C18H19ClN2O3. The predicted octanol–water partition coefficient (Wildman–Crippen LogP) is 2.73. The lowest BCUT2D eigenvalue weighted by molar-refractivity contribution is -0.129. The van der Waals surface area contributed by atoms with Crippen LogP contribution in [0.25, 0.3) is 0 Å². The van der Waals surface area contributed by atoms with Crippen LogP contribution in [0.2, 0.25) is 5.02 Å². The lowest BCUT2D eigenvalue weighted by atomic mass is 10.1. The number of aryl methyl sites for hydroxylation is 2. The Labute approximate surface area is 145 Å². The molecule has 0 aliphatic carbocycles. The zero-order valence-electron chi connectivity index (χ0n) is 13.6. The summed E-state index contributed by atoms with van der Waals surface area (Å²) in [6, 6.07) is 12.6. The third-order valence-electron chi connectivity index (χ3n) is 3.18. The van der Waals surface area contributed by atoms with Crippen molar-refractivity contribution in [2.75, 3.05) is 6.61 Å². The predicted molar refractivity (Wildman–Crippen MR) is 92.9 cm³/mol. The smallest absolute Gasteiger partial charge is 0.276 e. The Morgan fingerprint density at radius 1 is 0.958 bits per heavy atom. The van der Waals surface area contributed by atoms with Crippen LogP contribution in [0.3, 0.4) is 0 Å². The number of carbonyl (C=O) groups is 2. The average molecular weight is 347 g/mol. The van der Waals surface area contributed by atoms with E-state index in [1.807, 2.05) is 32.0 Å². The molecule has 2 rings (SSSR count). The second-order valence-electron chi connectivity index (χ2n) is 5.51. The SMILES string of the molecule is Cc1cc(C)cc(OCC(=O)NNC(=O)Cc2ccc(Cl)cc2)c1. The van der Waals surface area contributed by atoms with Gasteiger partial charge in [0.15, 0.2) is 6.61 Å². The van der Waals surface area contributed by atoms with Crippen molar-refractivity contribution in [1.29, 1.82) is 0 Å². The topological polar surface area (TPSA) is 67.4 Å². The summed E-state index contributed by atoms with van der Waals surface area (Å²) in [5, 5.41) is 0.607. The van der Waals surface area contributed by atoms with Crippen LogP contribution in [0.5, 0.6) is 5.75 Å². The van der Waals surface area contributed by atoms with E-state index >= 15 is 0 Å². The van der Waals surface area contributed by atoms with Gasteiger partial charge in [-0.15, -0.1) is 0 Å². The fourth-order valence-electron chi connectivity index (χ4n) is 2.17. The van der Waals surface area contributed by atoms with E-state index in [1.165, 1.54) is 0 Å². The second kappa shape index (κ2) is 8.36. The van der Waals surface area contributed by atoms with Gasteiger partial charge >= 0.3 is 0 Å². The molecule has 2 amide bonds. The van der Waals surface area contributed by atoms with Crippen LogP contribution in [-0.2, 0) is 16.0 Å². The molecular weight excluding hydrogens is 328 g/mol. The first kappa shape index (κ1) is 17.8. The van der Waals surface area contributed by atoms with E-state index in [1.54, 1.807) is 24.3 Å². The van der Waals surface area contributed by atoms with Gasteiger partial charge in [-0.05, 0) is 54.8 Å². The van der Waals surface area contributed by atoms with Crippen LogP contribution < -0.4 is 15.6 Å². The number of amides is 2. The van der Waals surface area contributed by atoms with E-state index < -0.39 is 5.91 Å². The van der Waals surface area contributed by atoms with Crippen molar-refractivity contribution in [3.05, 3.63) is 64.2 Å². The van der Waals surface area contributed by atoms with Crippen molar-refractivity contribution in [2.24, 2.45) is 0 Å². The zero-order chi connectivity index (χ0) is 17.5. The van der Waals surface area contributed by atoms with Gasteiger partial charge in [-0.25, -0.2) is 0 Å². The van der Waals surface area contributed by atoms with Gasteiger partial charge in [0.1, 0.15) is 5.75 Å². The van der Waals surface area contributed by atoms with Crippen LogP contribution in [0.15, 0.2) is 42.5 Å². The van der Waals surface area contributed by atoms with Gasteiger partial charge in [0, 0.05) is 5.02 Å². The lowest BCUT2D eigenvalue weighted by Gasteiger charge is -2.10. The van der Waals surface area contributed by atoms with Gasteiger partial charge in [0.25, 0.3) is 5.91 Å². The molecule has 0 spiro atoms. The van der Waals surface area contributed by atoms with Crippen LogP contribution >= 0.6 is 11.6 Å². The van der Waals surface area contributed by atoms with Gasteiger partial charge < -0.3 is 4.74 Å². The number of hydrazine groups is 1. The highest BCUT2D eigenvalue weighted by Crippen LogP contribution is 2.15. The third kappa shape index (κ3) is 5.93. The van der Waals surface area contributed by atoms with Gasteiger partial charge in [-0.1, -0.05) is 29.8 Å². The summed E-state index contributed by atoms with van der Waals surface area (Å²) in [7, 11) is 0. The normalized spacial score (nSPS) is 10.1. The Bertz CT molecular complexity index is 709. The zero-order valence-corrected chi connectivity index (χ0v) is 14.3. The number of halogens is 1. The number of carbonyl (C=O) groups excluding carboxylic acids is 2. The van der Waals surface area contributed by atoms with E-state index in [0.717, 1.165) is 16.7 Å². The van der Waals surface area contributed by atoms with Crippen molar-refractivity contribution in [2.45, 2.75) is 20.3 Å². The Morgan fingerprint density at radius 2 is 1.54 bits per heavy atom. The molecule has 2 aromatic rings. The van der Waals surface area contributed by atoms with Crippen LogP contribution in [0.1, 0.15) is 16.7 Å². The Kier molecular flexibility index (Phi) is 6.21. The van der Waals surface area contributed by atoms with Crippen molar-refractivity contribution < 1.29 is 14.3 Å². The van der Waals surface area contributed by atoms with E-state index in [4.69, 9.17) is 16.3 Å². The number of hydrogen-bond donors (Lipinski definition) is 2. The largest absolute Gasteiger partial charge is 0.484 e. The summed E-state index contributed by atoms with van der Waals surface area (Å²) in [6.07, 6.45) is 0.148. The molecule has 0 atom stereocenters. The standard InChI is InChI=1S/C18H19ClN2O3/c1-12-7-13(2)9-16(8-12)24-11-18(23)21-20-17(22)10-14-3-5-15(19)6-4-14/h3-9H,10-11H2,1-2H3,(H,20,22)(H,21,23). The number of nitrogens with one attached hydrogen (secondary N) is 2. The first-order chi connectivity index (χ1) is 11.4. The number of rotatable bonds is 5. The van der Waals surface area contributed by atoms with Crippen molar-refractivity contribution >= 4 is 23.4 Å². The van der Waals surface area contributed by atoms with Crippen molar-refractivity contribution in [1.82, 2.24) is 10.9 Å². The fraction of sp³-hybridized carbons (Fsp3) is 0.222. The minimum Gasteiger partial charge on any atom is -0.484 e. The third-order valence-corrected chi connectivity index (χ3v) is 3.44. The maximum absolute atomic E-state index is 11.8. The van der Waals surface area contributed by atoms with Gasteiger partial charge in [0.05, 0.1) is 6.42 Å². The minimum atomic E-state index is -0.432. The van der Waals surface area contributed by atoms with Gasteiger partial charge in [0.2, 0.25) is 5.91 Å². The molecule has 24 heavy (non-hydrogen) atoms. The Balaban J connectivity index is 1.74. The molecule has 0 radical (unpaired) electrons. The maximum Gasteiger partial charge on any atom is 0.276 e. The summed E-state index contributed by atoms with van der Waals surface area (Å²) in [6.45, 7) is 3.73. The molecule has 0 heterocycles. The van der Waals surface area contributed by atoms with Crippen LogP contribution in [0.4, 0.5) is 0 Å². The molecule has 6 heteroatoms. The summed E-state index contributed by atoms with van der Waals surface area (Å²) in [4.78, 5) is 23.5. The summed E-state index contributed by atoms with van der Waals surface area (Å²) >= 11 is 5.78. The Hall–Kier alpha value is -2.53. The first-order valence-electron chi connectivity index (χ1n) is 7.45. The summed E-state index contributed by atoms with van der Waals surface area (Å²) < 4.78 is 5.42. The van der Waals surface area contributed by atoms with E-state index in [9.17, 15) is 9.59 Å². The molecule has 0 aliphatic heterocycles. The molecule has 2 N–H and O–H groups in total. The fourth-order valence-corrected chi connectivity index (χ4v) is 2.30. The van der Waals surface area contributed by atoms with E-state index in [2.05, 4.69) is 10.9 Å². The monoisotopic (exact) mass is 346 g/mol. The number of hydrogen-bond acceptors (Lipinski definition) is 3. The van der Waals surface area contributed by atoms with E-state index in [-0.39, 0.29) is 18.9 Å². The molecule has 0 fully saturated rings. The molecule has 5 nitrogen and oxygen atoms in total. The highest BCUT2D eigenvalue weighted by atomic mass is 35.5. The average Bonchev–Trinajstić information content (AvgIpc) is 2.52. The summed E-state index contributed by atoms with van der Waals surface area (Å²) in [5.74, 6) is -0.133. The molecule has 0 aliphatic rings. The maximum atomic E-state index is 11.8. The van der Waals surface area contributed by atoms with Gasteiger partial charge in [-0.3, -0.25) is 20.4 Å². The molecule has 2 aromatic carbocycles. The molecule has 0 bridgehead atoms. The van der Waals surface area contributed by atoms with Crippen molar-refractivity contribution in [3.63, 3.8) is 0 Å². The van der Waals surface area contributed by atoms with Crippen LogP contribution in [0, 0.1) is 13.8 Å². The number of ether oxygens (including phenoxy) is 1. The molecule has 0 saturated carbocycles. The highest BCUT2D eigenvalue weighted by molar-refractivity contribution is 6.30. The summed E-state index contributed by atoms with van der Waals surface area (Å²) in [5.41, 5.74) is 7.59. The van der Waals surface area contributed by atoms with Crippen LogP contribution in [-0.4, -0.2) is 18.4 Å². The quantitative estimate of drug-likeness (QED) is 0.818. The first-order valence-corrected chi connectivity index (χ1v) is 7.83. The second-order valence-corrected chi connectivity index (χ2v) is 5.95.